The molecule has 5 rings (SSSR count). The number of aromatic nitrogens is 3. The van der Waals surface area contributed by atoms with Crippen molar-refractivity contribution in [3.8, 4) is 11.5 Å². The third-order valence-corrected chi connectivity index (χ3v) is 9.59. The summed E-state index contributed by atoms with van der Waals surface area (Å²) < 4.78 is 8.79. The molecule has 5 N–H and O–H groups in total. The largest absolute Gasteiger partial charge is 0.504 e. The number of phenols is 1. The highest BCUT2D eigenvalue weighted by atomic mass is 32.2. The van der Waals surface area contributed by atoms with E-state index in [-0.39, 0.29) is 21.8 Å². The number of imidazole rings is 1. The number of oxime groups is 1. The number of hydrogen-bond acceptors (Lipinski definition) is 10. The Bertz CT molecular complexity index is 1470. The second-order valence-corrected chi connectivity index (χ2v) is 11.0. The lowest BCUT2D eigenvalue weighted by Gasteiger charge is -2.43. The smallest absolute Gasteiger partial charge is 0.362 e. The van der Waals surface area contributed by atoms with Crippen LogP contribution in [0.2, 0.25) is 0 Å². The molecule has 0 bridgehead atoms. The van der Waals surface area contributed by atoms with Crippen LogP contribution in [0.5, 0.6) is 11.5 Å². The SMILES string of the molecule is COC(=O)/C(=N\O)c1[nH]c2ccccc2c1[C@H]1SC[C@@H](O)C(c2ccc(O)c(OC)c2)(c2ncc[nH]2)S1. The predicted octanol–water partition coefficient (Wildman–Crippen LogP) is 3.74. The molecular formula is C25H24N4O6S2. The molecule has 0 spiro atoms. The zero-order chi connectivity index (χ0) is 26.2. The van der Waals surface area contributed by atoms with Crippen LogP contribution >= 0.6 is 23.5 Å². The van der Waals surface area contributed by atoms with Gasteiger partial charge in [0.2, 0.25) is 5.71 Å². The summed E-state index contributed by atoms with van der Waals surface area (Å²) >= 11 is 2.92. The molecule has 37 heavy (non-hydrogen) atoms. The second-order valence-electron chi connectivity index (χ2n) is 8.26. The second kappa shape index (κ2) is 10.0. The van der Waals surface area contributed by atoms with Gasteiger partial charge in [-0.05, 0) is 23.8 Å². The van der Waals surface area contributed by atoms with E-state index in [0.29, 0.717) is 22.8 Å². The van der Waals surface area contributed by atoms with Crippen LogP contribution in [0.4, 0.5) is 0 Å². The summed E-state index contributed by atoms with van der Waals surface area (Å²) in [5, 5.41) is 35.6. The maximum absolute atomic E-state index is 12.5. The van der Waals surface area contributed by atoms with E-state index in [1.165, 1.54) is 43.8 Å². The van der Waals surface area contributed by atoms with E-state index in [0.717, 1.165) is 16.5 Å². The van der Waals surface area contributed by atoms with Gasteiger partial charge in [0, 0.05) is 34.6 Å². The number of nitrogens with zero attached hydrogens (tertiary/aromatic N) is 2. The summed E-state index contributed by atoms with van der Waals surface area (Å²) in [6, 6.07) is 12.5. The van der Waals surface area contributed by atoms with Crippen molar-refractivity contribution in [1.82, 2.24) is 15.0 Å². The average Bonchev–Trinajstić information content (AvgIpc) is 3.59. The number of fused-ring (bicyclic) bond motifs is 1. The molecule has 2 aromatic carbocycles. The fraction of sp³-hybridized carbons (Fsp3) is 0.240. The fourth-order valence-electron chi connectivity index (χ4n) is 4.59. The predicted molar refractivity (Wildman–Crippen MR) is 141 cm³/mol. The summed E-state index contributed by atoms with van der Waals surface area (Å²) in [5.41, 5.74) is 2.21. The van der Waals surface area contributed by atoms with Gasteiger partial charge in [-0.25, -0.2) is 9.78 Å². The molecule has 2 aromatic heterocycles. The van der Waals surface area contributed by atoms with Gasteiger partial charge in [-0.1, -0.05) is 29.4 Å². The van der Waals surface area contributed by atoms with Crippen LogP contribution in [-0.4, -0.2) is 68.1 Å². The number of aromatic amines is 2. The quantitative estimate of drug-likeness (QED) is 0.107. The number of ether oxygens (including phenoxy) is 2. The Hall–Kier alpha value is -3.61. The molecule has 12 heteroatoms. The standard InChI is InChI=1S/C25H24N4O6S2/c1-34-17-11-13(7-8-16(17)30)25(24-26-9-10-27-24)18(31)12-36-23(37-25)19-14-5-3-4-6-15(14)28-20(19)21(29-33)22(32)35-2/h3-11,18,23,28,30-31,33H,12H2,1-2H3,(H,26,27)/b29-21-/t18-,23+,25?/m1/s1. The van der Waals surface area contributed by atoms with E-state index in [4.69, 9.17) is 9.47 Å². The van der Waals surface area contributed by atoms with Crippen molar-refractivity contribution in [2.24, 2.45) is 5.16 Å². The van der Waals surface area contributed by atoms with E-state index < -0.39 is 16.8 Å². The lowest BCUT2D eigenvalue weighted by Crippen LogP contribution is -2.43. The van der Waals surface area contributed by atoms with E-state index in [1.54, 1.807) is 24.5 Å². The van der Waals surface area contributed by atoms with Crippen LogP contribution in [0, 0.1) is 0 Å². The van der Waals surface area contributed by atoms with Crippen LogP contribution in [0.25, 0.3) is 10.9 Å². The summed E-state index contributed by atoms with van der Waals surface area (Å²) in [5.74, 6) is 0.293. The number of nitrogens with one attached hydrogen (secondary N) is 2. The molecule has 10 nitrogen and oxygen atoms in total. The molecule has 3 heterocycles. The van der Waals surface area contributed by atoms with Crippen molar-refractivity contribution in [3.05, 3.63) is 77.5 Å². The van der Waals surface area contributed by atoms with Crippen LogP contribution in [0.3, 0.4) is 0 Å². The van der Waals surface area contributed by atoms with Crippen LogP contribution in [0.15, 0.2) is 60.0 Å². The van der Waals surface area contributed by atoms with Crippen molar-refractivity contribution in [2.45, 2.75) is 15.4 Å². The molecular weight excluding hydrogens is 516 g/mol. The number of hydrogen-bond donors (Lipinski definition) is 5. The highest BCUT2D eigenvalue weighted by Gasteiger charge is 2.51. The first kappa shape index (κ1) is 25.1. The molecule has 0 saturated carbocycles. The van der Waals surface area contributed by atoms with Crippen molar-refractivity contribution < 1.29 is 29.7 Å². The Morgan fingerprint density at radius 3 is 2.76 bits per heavy atom. The van der Waals surface area contributed by atoms with Crippen molar-refractivity contribution in [2.75, 3.05) is 20.0 Å². The number of rotatable bonds is 6. The fourth-order valence-corrected chi connectivity index (χ4v) is 8.11. The zero-order valence-electron chi connectivity index (χ0n) is 19.8. The number of aromatic hydroxyl groups is 1. The zero-order valence-corrected chi connectivity index (χ0v) is 21.5. The molecule has 192 valence electrons. The number of carbonyl (C=O) groups excluding carboxylic acids is 1. The van der Waals surface area contributed by atoms with Gasteiger partial charge in [-0.3, -0.25) is 0 Å². The van der Waals surface area contributed by atoms with Crippen molar-refractivity contribution in [1.29, 1.82) is 0 Å². The molecule has 1 unspecified atom stereocenters. The Balaban J connectivity index is 1.72. The minimum absolute atomic E-state index is 0.0251. The maximum Gasteiger partial charge on any atom is 0.362 e. The first-order valence-corrected chi connectivity index (χ1v) is 13.1. The number of thioether (sulfide) groups is 2. The normalized spacial score (nSPS) is 22.2. The number of para-hydroxylation sites is 1. The molecule has 3 atom stereocenters. The van der Waals surface area contributed by atoms with Crippen LogP contribution in [-0.2, 0) is 14.3 Å². The van der Waals surface area contributed by atoms with Crippen LogP contribution in [0.1, 0.15) is 27.2 Å². The van der Waals surface area contributed by atoms with Gasteiger partial charge in [0.25, 0.3) is 0 Å². The molecule has 1 aliphatic rings. The minimum Gasteiger partial charge on any atom is -0.504 e. The van der Waals surface area contributed by atoms with Gasteiger partial charge < -0.3 is 34.9 Å². The molecule has 0 aliphatic carbocycles. The Labute approximate surface area is 220 Å². The number of aliphatic hydroxyl groups excluding tert-OH is 1. The van der Waals surface area contributed by atoms with E-state index in [2.05, 4.69) is 20.1 Å². The summed E-state index contributed by atoms with van der Waals surface area (Å²) in [6.07, 6.45) is 2.42. The number of phenolic OH excluding ortho intramolecular Hbond substituents is 1. The van der Waals surface area contributed by atoms with Gasteiger partial charge in [0.1, 0.15) is 10.6 Å². The third-order valence-electron chi connectivity index (χ3n) is 6.32. The summed E-state index contributed by atoms with van der Waals surface area (Å²) in [7, 11) is 2.68. The first-order valence-electron chi connectivity index (χ1n) is 11.2. The van der Waals surface area contributed by atoms with Gasteiger partial charge in [0.05, 0.1) is 30.6 Å². The van der Waals surface area contributed by atoms with Crippen LogP contribution < -0.4 is 4.74 Å². The molecule has 0 radical (unpaired) electrons. The molecule has 4 aromatic rings. The first-order chi connectivity index (χ1) is 17.9. The number of H-pyrrole nitrogens is 2. The number of esters is 1. The topological polar surface area (TPSA) is 153 Å². The third kappa shape index (κ3) is 4.10. The van der Waals surface area contributed by atoms with Crippen molar-refractivity contribution in [3.63, 3.8) is 0 Å². The lowest BCUT2D eigenvalue weighted by molar-refractivity contribution is -0.132. The van der Waals surface area contributed by atoms with Gasteiger partial charge in [-0.15, -0.1) is 23.5 Å². The van der Waals surface area contributed by atoms with Gasteiger partial charge in [-0.2, -0.15) is 0 Å². The number of aliphatic hydroxyl groups is 1. The Morgan fingerprint density at radius 1 is 1.24 bits per heavy atom. The molecule has 1 saturated heterocycles. The maximum atomic E-state index is 12.5. The molecule has 1 fully saturated rings. The number of methoxy groups -OCH3 is 2. The van der Waals surface area contributed by atoms with E-state index in [1.807, 2.05) is 24.3 Å². The molecule has 1 aliphatic heterocycles. The number of carbonyl (C=O) groups is 1. The minimum atomic E-state index is -1.09. The Kier molecular flexibility index (Phi) is 6.80. The lowest BCUT2D eigenvalue weighted by atomic mass is 9.91. The average molecular weight is 541 g/mol. The van der Waals surface area contributed by atoms with Gasteiger partial charge in [0.15, 0.2) is 11.5 Å². The molecule has 0 amide bonds. The van der Waals surface area contributed by atoms with E-state index in [9.17, 15) is 20.2 Å². The number of benzene rings is 2. The highest BCUT2D eigenvalue weighted by molar-refractivity contribution is 8.17. The summed E-state index contributed by atoms with van der Waals surface area (Å²) in [4.78, 5) is 23.4. The highest BCUT2D eigenvalue weighted by Crippen LogP contribution is 2.61. The monoisotopic (exact) mass is 540 g/mol. The van der Waals surface area contributed by atoms with Crippen molar-refractivity contribution >= 4 is 46.1 Å². The Morgan fingerprint density at radius 2 is 2.05 bits per heavy atom. The van der Waals surface area contributed by atoms with Gasteiger partial charge >= 0.3 is 5.97 Å². The van der Waals surface area contributed by atoms with E-state index >= 15 is 0 Å². The summed E-state index contributed by atoms with van der Waals surface area (Å²) in [6.45, 7) is 0.